The molecule has 1 saturated carbocycles. The molecule has 0 spiro atoms. The monoisotopic (exact) mass is 487 g/mol. The number of halogens is 6. The lowest BCUT2D eigenvalue weighted by atomic mass is 9.76. The lowest BCUT2D eigenvalue weighted by Crippen LogP contribution is -2.56. The molecular formula is C20H21F6O5S-. The van der Waals surface area contributed by atoms with E-state index in [1.165, 1.54) is 0 Å². The molecule has 0 saturated heterocycles. The fraction of sp³-hybridized carbons (Fsp3) is 0.600. The summed E-state index contributed by atoms with van der Waals surface area (Å²) in [6, 6.07) is 2.75. The Kier molecular flexibility index (Phi) is 7.94. The van der Waals surface area contributed by atoms with Crippen molar-refractivity contribution < 1.29 is 49.4 Å². The number of hydrogen-bond donors (Lipinski definition) is 0. The van der Waals surface area contributed by atoms with Gasteiger partial charge in [-0.3, -0.25) is 9.00 Å². The van der Waals surface area contributed by atoms with Gasteiger partial charge in [-0.2, -0.15) is 26.3 Å². The first kappa shape index (κ1) is 26.5. The zero-order valence-corrected chi connectivity index (χ0v) is 17.7. The molecule has 0 amide bonds. The molecule has 1 aliphatic carbocycles. The molecule has 2 rings (SSSR count). The standard InChI is InChI=1S/C20H22F6O5S/c1-2-3-10-31-18(19(21,22)23,20(24,25)26)15-6-4-14(5-7-15)17(32(29)30)9-8-16(28)13(11-17)12-27/h4-7,12-13H,2-3,8-11H2,1H3,(H,29,30)/p-1. The topological polar surface area (TPSA) is 83.5 Å². The Labute approximate surface area is 182 Å². The second-order valence-corrected chi connectivity index (χ2v) is 8.85. The molecule has 0 radical (unpaired) electrons. The maximum Gasteiger partial charge on any atom is 0.430 e. The molecule has 1 aromatic carbocycles. The normalized spacial score (nSPS) is 23.8. The van der Waals surface area contributed by atoms with E-state index in [-0.39, 0.29) is 31.1 Å². The van der Waals surface area contributed by atoms with Crippen molar-refractivity contribution in [3.8, 4) is 0 Å². The van der Waals surface area contributed by atoms with Crippen LogP contribution in [-0.4, -0.2) is 39.8 Å². The fourth-order valence-electron chi connectivity index (χ4n) is 3.83. The van der Waals surface area contributed by atoms with Crippen molar-refractivity contribution in [1.82, 2.24) is 0 Å². The zero-order valence-electron chi connectivity index (χ0n) is 16.9. The fourth-order valence-corrected chi connectivity index (χ4v) is 4.74. The summed E-state index contributed by atoms with van der Waals surface area (Å²) in [4.78, 5) is 23.0. The number of benzene rings is 1. The zero-order chi connectivity index (χ0) is 24.4. The van der Waals surface area contributed by atoms with E-state index < -0.39 is 64.1 Å². The number of ketones is 1. The minimum atomic E-state index is -5.85. The highest BCUT2D eigenvalue weighted by Gasteiger charge is 2.73. The van der Waals surface area contributed by atoms with Crippen LogP contribution in [0.5, 0.6) is 0 Å². The molecule has 0 heterocycles. The molecule has 0 aliphatic heterocycles. The molecule has 12 heteroatoms. The molecule has 1 aromatic rings. The molecule has 0 bridgehead atoms. The van der Waals surface area contributed by atoms with Crippen LogP contribution in [0.15, 0.2) is 24.3 Å². The van der Waals surface area contributed by atoms with Gasteiger partial charge in [-0.25, -0.2) is 0 Å². The van der Waals surface area contributed by atoms with Gasteiger partial charge in [-0.15, -0.1) is 0 Å². The van der Waals surface area contributed by atoms with Crippen LogP contribution in [0, 0.1) is 5.92 Å². The average molecular weight is 487 g/mol. The lowest BCUT2D eigenvalue weighted by molar-refractivity contribution is -0.389. The Bertz CT molecular complexity index is 838. The first-order valence-corrected chi connectivity index (χ1v) is 10.8. The van der Waals surface area contributed by atoms with Crippen molar-refractivity contribution >= 4 is 23.1 Å². The van der Waals surface area contributed by atoms with Gasteiger partial charge in [0.2, 0.25) is 0 Å². The van der Waals surface area contributed by atoms with E-state index in [1.807, 2.05) is 0 Å². The van der Waals surface area contributed by atoms with E-state index in [4.69, 9.17) is 0 Å². The van der Waals surface area contributed by atoms with Crippen LogP contribution in [0.1, 0.15) is 50.2 Å². The smallest absolute Gasteiger partial charge is 0.430 e. The summed E-state index contributed by atoms with van der Waals surface area (Å²) in [5, 5.41) is 0. The highest BCUT2D eigenvalue weighted by molar-refractivity contribution is 7.80. The number of carbonyl (C=O) groups is 2. The van der Waals surface area contributed by atoms with Crippen molar-refractivity contribution in [3.63, 3.8) is 0 Å². The molecular weight excluding hydrogens is 466 g/mol. The van der Waals surface area contributed by atoms with Gasteiger partial charge in [0.1, 0.15) is 12.1 Å². The van der Waals surface area contributed by atoms with Crippen LogP contribution in [0.4, 0.5) is 26.3 Å². The van der Waals surface area contributed by atoms with Crippen molar-refractivity contribution in [1.29, 1.82) is 0 Å². The Morgan fingerprint density at radius 2 is 1.72 bits per heavy atom. The molecule has 3 atom stereocenters. The van der Waals surface area contributed by atoms with Crippen LogP contribution < -0.4 is 0 Å². The predicted molar refractivity (Wildman–Crippen MR) is 100 cm³/mol. The minimum absolute atomic E-state index is 0.0363. The van der Waals surface area contributed by atoms with Gasteiger partial charge < -0.3 is 14.1 Å². The van der Waals surface area contributed by atoms with Crippen LogP contribution in [0.25, 0.3) is 0 Å². The molecule has 5 nitrogen and oxygen atoms in total. The maximum absolute atomic E-state index is 13.8. The van der Waals surface area contributed by atoms with E-state index in [2.05, 4.69) is 4.74 Å². The summed E-state index contributed by atoms with van der Waals surface area (Å²) in [5.74, 6) is -1.71. The van der Waals surface area contributed by atoms with Gasteiger partial charge in [0.05, 0.1) is 10.7 Å². The third kappa shape index (κ3) is 4.62. The second-order valence-electron chi connectivity index (χ2n) is 7.60. The van der Waals surface area contributed by atoms with Crippen LogP contribution in [0.2, 0.25) is 0 Å². The SMILES string of the molecule is CCCCOC(c1ccc(C2(S(=O)[O-])CCC(=O)C(C=O)C2)cc1)(C(F)(F)F)C(F)(F)F. The molecule has 180 valence electrons. The van der Waals surface area contributed by atoms with Crippen LogP contribution in [0.3, 0.4) is 0 Å². The highest BCUT2D eigenvalue weighted by Crippen LogP contribution is 2.53. The van der Waals surface area contributed by atoms with Gasteiger partial charge in [-0.05, 0) is 35.9 Å². The minimum Gasteiger partial charge on any atom is -0.772 e. The molecule has 0 aromatic heterocycles. The Morgan fingerprint density at radius 3 is 2.16 bits per heavy atom. The lowest BCUT2D eigenvalue weighted by Gasteiger charge is -2.41. The summed E-state index contributed by atoms with van der Waals surface area (Å²) in [5.41, 5.74) is -5.95. The van der Waals surface area contributed by atoms with Gasteiger partial charge in [0.15, 0.2) is 0 Å². The number of unbranched alkanes of at least 4 members (excludes halogenated alkanes) is 1. The Morgan fingerprint density at radius 1 is 1.16 bits per heavy atom. The summed E-state index contributed by atoms with van der Waals surface area (Å²) in [6.07, 6.45) is -12.1. The van der Waals surface area contributed by atoms with Gasteiger partial charge in [0, 0.05) is 18.6 Å². The largest absolute Gasteiger partial charge is 0.772 e. The molecule has 1 fully saturated rings. The quantitative estimate of drug-likeness (QED) is 0.178. The van der Waals surface area contributed by atoms with Crippen molar-refractivity contribution in [3.05, 3.63) is 35.4 Å². The second kappa shape index (κ2) is 9.60. The van der Waals surface area contributed by atoms with Gasteiger partial charge in [0.25, 0.3) is 5.60 Å². The maximum atomic E-state index is 13.8. The van der Waals surface area contributed by atoms with E-state index in [1.54, 1.807) is 6.92 Å². The molecule has 32 heavy (non-hydrogen) atoms. The van der Waals surface area contributed by atoms with Crippen molar-refractivity contribution in [2.75, 3.05) is 6.61 Å². The Hall–Kier alpha value is -1.79. The predicted octanol–water partition coefficient (Wildman–Crippen LogP) is 4.47. The Balaban J connectivity index is 2.58. The van der Waals surface area contributed by atoms with Crippen molar-refractivity contribution in [2.45, 2.75) is 61.7 Å². The summed E-state index contributed by atoms with van der Waals surface area (Å²) in [7, 11) is 0. The van der Waals surface area contributed by atoms with E-state index in [0.29, 0.717) is 18.6 Å². The first-order valence-electron chi connectivity index (χ1n) is 9.72. The summed E-state index contributed by atoms with van der Waals surface area (Å²) < 4.78 is 109. The van der Waals surface area contributed by atoms with Crippen LogP contribution >= 0.6 is 0 Å². The third-order valence-corrected chi connectivity index (χ3v) is 6.90. The summed E-state index contributed by atoms with van der Waals surface area (Å²) in [6.45, 7) is 0.778. The van der Waals surface area contributed by atoms with E-state index in [0.717, 1.165) is 12.1 Å². The number of hydrogen-bond acceptors (Lipinski definition) is 5. The summed E-state index contributed by atoms with van der Waals surface area (Å²) >= 11 is -2.90. The van der Waals surface area contributed by atoms with Crippen molar-refractivity contribution in [2.24, 2.45) is 5.92 Å². The highest BCUT2D eigenvalue weighted by atomic mass is 32.2. The molecule has 3 unspecified atom stereocenters. The molecule has 0 N–H and O–H groups in total. The van der Waals surface area contributed by atoms with Gasteiger partial charge >= 0.3 is 12.4 Å². The number of ether oxygens (including phenoxy) is 1. The third-order valence-electron chi connectivity index (χ3n) is 5.65. The number of rotatable bonds is 8. The number of aldehydes is 1. The molecule has 1 aliphatic rings. The first-order chi connectivity index (χ1) is 14.8. The number of alkyl halides is 6. The van der Waals surface area contributed by atoms with E-state index in [9.17, 15) is 44.7 Å². The van der Waals surface area contributed by atoms with Crippen LogP contribution in [-0.2, 0) is 35.8 Å². The van der Waals surface area contributed by atoms with E-state index >= 15 is 0 Å². The number of carbonyl (C=O) groups excluding carboxylic acids is 2. The number of Topliss-reactive ketones (excluding diaryl/α,β-unsaturated/α-hetero) is 1. The van der Waals surface area contributed by atoms with Gasteiger partial charge in [-0.1, -0.05) is 37.6 Å². The average Bonchev–Trinajstić information content (AvgIpc) is 2.70.